The number of nitrogens with zero attached hydrogens (tertiary/aromatic N) is 1. The predicted molar refractivity (Wildman–Crippen MR) is 105 cm³/mol. The van der Waals surface area contributed by atoms with Crippen LogP contribution < -0.4 is 0 Å². The Morgan fingerprint density at radius 3 is 2.36 bits per heavy atom. The lowest BCUT2D eigenvalue weighted by Gasteiger charge is -2.09. The average Bonchev–Trinajstić information content (AvgIpc) is 3.15. The van der Waals surface area contributed by atoms with Crippen molar-refractivity contribution < 1.29 is 18.6 Å². The molecular formula is C22H16ClF2NO2. The highest BCUT2D eigenvalue weighted by molar-refractivity contribution is 6.32. The normalized spacial score (nSPS) is 16.0. The molecule has 1 aliphatic heterocycles. The Balaban J connectivity index is 1.61. The van der Waals surface area contributed by atoms with Crippen LogP contribution in [0.1, 0.15) is 22.7 Å². The van der Waals surface area contributed by atoms with Crippen LogP contribution in [0.15, 0.2) is 59.6 Å². The van der Waals surface area contributed by atoms with Crippen molar-refractivity contribution in [3.05, 3.63) is 87.9 Å². The van der Waals surface area contributed by atoms with Crippen molar-refractivity contribution in [1.29, 1.82) is 0 Å². The van der Waals surface area contributed by atoms with Crippen LogP contribution in [0.5, 0.6) is 5.75 Å². The van der Waals surface area contributed by atoms with Crippen molar-refractivity contribution in [2.45, 2.75) is 13.0 Å². The van der Waals surface area contributed by atoms with Gasteiger partial charge in [-0.15, -0.1) is 0 Å². The highest BCUT2D eigenvalue weighted by Crippen LogP contribution is 2.34. The summed E-state index contributed by atoms with van der Waals surface area (Å²) < 4.78 is 33.3. The van der Waals surface area contributed by atoms with Gasteiger partial charge in [0, 0.05) is 0 Å². The van der Waals surface area contributed by atoms with Crippen molar-refractivity contribution in [2.75, 3.05) is 6.61 Å². The Bertz CT molecular complexity index is 1040. The maximum absolute atomic E-state index is 13.9. The first kappa shape index (κ1) is 18.4. The Morgan fingerprint density at radius 1 is 1.04 bits per heavy atom. The van der Waals surface area contributed by atoms with E-state index in [1.165, 1.54) is 18.2 Å². The Labute approximate surface area is 165 Å². The fraction of sp³-hybridized carbons (Fsp3) is 0.136. The van der Waals surface area contributed by atoms with Crippen LogP contribution in [0, 0.1) is 18.6 Å². The molecule has 3 nitrogen and oxygen atoms in total. The molecule has 4 rings (SSSR count). The largest absolute Gasteiger partial charge is 0.506 e. The first-order valence-electron chi connectivity index (χ1n) is 8.68. The summed E-state index contributed by atoms with van der Waals surface area (Å²) in [6.45, 7) is 2.00. The van der Waals surface area contributed by atoms with Gasteiger partial charge in [0.05, 0.1) is 5.02 Å². The van der Waals surface area contributed by atoms with Gasteiger partial charge in [-0.2, -0.15) is 0 Å². The maximum Gasteiger partial charge on any atom is 0.222 e. The number of ether oxygens (including phenoxy) is 1. The predicted octanol–water partition coefficient (Wildman–Crippen LogP) is 5.82. The van der Waals surface area contributed by atoms with Crippen molar-refractivity contribution >= 4 is 17.5 Å². The van der Waals surface area contributed by atoms with E-state index < -0.39 is 11.6 Å². The molecule has 0 spiro atoms. The molecule has 1 N–H and O–H groups in total. The maximum atomic E-state index is 13.9. The van der Waals surface area contributed by atoms with Crippen LogP contribution in [0.3, 0.4) is 0 Å². The summed E-state index contributed by atoms with van der Waals surface area (Å²) in [5, 5.41) is 10.1. The summed E-state index contributed by atoms with van der Waals surface area (Å²) in [7, 11) is 0. The van der Waals surface area contributed by atoms with Crippen LogP contribution in [0.4, 0.5) is 8.78 Å². The van der Waals surface area contributed by atoms with Crippen LogP contribution in [-0.4, -0.2) is 17.6 Å². The lowest BCUT2D eigenvalue weighted by atomic mass is 10.00. The number of phenols is 1. The molecule has 6 heteroatoms. The van der Waals surface area contributed by atoms with E-state index in [0.717, 1.165) is 16.7 Å². The van der Waals surface area contributed by atoms with Gasteiger partial charge in [-0.25, -0.2) is 13.8 Å². The second kappa shape index (κ2) is 7.24. The van der Waals surface area contributed by atoms with Crippen molar-refractivity contribution in [3.8, 4) is 16.9 Å². The van der Waals surface area contributed by atoms with E-state index in [0.29, 0.717) is 10.6 Å². The number of phenolic OH excluding ortho intramolecular Hbond substituents is 1. The van der Waals surface area contributed by atoms with Gasteiger partial charge in [0.15, 0.2) is 0 Å². The molecule has 1 atom stereocenters. The summed E-state index contributed by atoms with van der Waals surface area (Å²) >= 11 is 6.06. The fourth-order valence-electron chi connectivity index (χ4n) is 3.18. The molecule has 0 aliphatic carbocycles. The van der Waals surface area contributed by atoms with E-state index >= 15 is 0 Å². The third-order valence-electron chi connectivity index (χ3n) is 4.71. The summed E-state index contributed by atoms with van der Waals surface area (Å²) in [5.41, 5.74) is 3.13. The molecule has 0 saturated carbocycles. The summed E-state index contributed by atoms with van der Waals surface area (Å²) in [4.78, 5) is 4.35. The molecule has 1 aliphatic rings. The zero-order chi connectivity index (χ0) is 19.8. The number of hydrogen-bond acceptors (Lipinski definition) is 3. The lowest BCUT2D eigenvalue weighted by molar-refractivity contribution is 0.317. The highest BCUT2D eigenvalue weighted by Gasteiger charge is 2.26. The molecule has 1 heterocycles. The van der Waals surface area contributed by atoms with Crippen molar-refractivity contribution in [1.82, 2.24) is 0 Å². The van der Waals surface area contributed by atoms with Crippen molar-refractivity contribution in [2.24, 2.45) is 4.99 Å². The molecule has 0 amide bonds. The molecule has 28 heavy (non-hydrogen) atoms. The van der Waals surface area contributed by atoms with E-state index in [2.05, 4.69) is 4.99 Å². The SMILES string of the molecule is Cc1cc(-c2ccc(C3COC(c4c(F)cccc4F)=N3)cc2)cc(Cl)c1O. The van der Waals surface area contributed by atoms with Crippen LogP contribution in [0.2, 0.25) is 5.02 Å². The van der Waals surface area contributed by atoms with Gasteiger partial charge in [-0.05, 0) is 53.4 Å². The number of aromatic hydroxyl groups is 1. The molecule has 0 bridgehead atoms. The van der Waals surface area contributed by atoms with E-state index in [-0.39, 0.29) is 29.9 Å². The smallest absolute Gasteiger partial charge is 0.222 e. The minimum atomic E-state index is -0.700. The van der Waals surface area contributed by atoms with E-state index in [4.69, 9.17) is 16.3 Å². The summed E-state index contributed by atoms with van der Waals surface area (Å²) in [6.07, 6.45) is 0. The number of aliphatic imine (C=N–C) groups is 1. The Hall–Kier alpha value is -2.92. The lowest BCUT2D eigenvalue weighted by Crippen LogP contribution is -2.07. The van der Waals surface area contributed by atoms with E-state index in [1.54, 1.807) is 13.0 Å². The van der Waals surface area contributed by atoms with Gasteiger partial charge < -0.3 is 9.84 Å². The monoisotopic (exact) mass is 399 g/mol. The van der Waals surface area contributed by atoms with Gasteiger partial charge in [0.25, 0.3) is 0 Å². The molecule has 3 aromatic carbocycles. The minimum Gasteiger partial charge on any atom is -0.506 e. The second-order valence-corrected chi connectivity index (χ2v) is 7.01. The van der Waals surface area contributed by atoms with Crippen LogP contribution in [-0.2, 0) is 4.74 Å². The molecule has 1 unspecified atom stereocenters. The molecule has 142 valence electrons. The zero-order valence-electron chi connectivity index (χ0n) is 14.9. The second-order valence-electron chi connectivity index (χ2n) is 6.60. The quantitative estimate of drug-likeness (QED) is 0.603. The minimum absolute atomic E-state index is 0.0226. The van der Waals surface area contributed by atoms with Crippen LogP contribution >= 0.6 is 11.6 Å². The standard InChI is InChI=1S/C22H16ClF2NO2/c1-12-9-15(10-16(23)21(12)27)13-5-7-14(8-6-13)19-11-28-22(26-19)20-17(24)3-2-4-18(20)25/h2-10,19,27H,11H2,1H3. The number of benzene rings is 3. The van der Waals surface area contributed by atoms with Gasteiger partial charge in [-0.1, -0.05) is 41.9 Å². The first-order chi connectivity index (χ1) is 13.4. The van der Waals surface area contributed by atoms with E-state index in [9.17, 15) is 13.9 Å². The highest BCUT2D eigenvalue weighted by atomic mass is 35.5. The van der Waals surface area contributed by atoms with Gasteiger partial charge in [0.2, 0.25) is 5.90 Å². The molecule has 0 aromatic heterocycles. The molecule has 3 aromatic rings. The van der Waals surface area contributed by atoms with E-state index in [1.807, 2.05) is 30.3 Å². The number of hydrogen-bond donors (Lipinski definition) is 1. The number of halogens is 3. The van der Waals surface area contributed by atoms with Crippen LogP contribution in [0.25, 0.3) is 11.1 Å². The molecule has 0 saturated heterocycles. The zero-order valence-corrected chi connectivity index (χ0v) is 15.7. The molecule has 0 fully saturated rings. The van der Waals surface area contributed by atoms with Gasteiger partial charge in [-0.3, -0.25) is 0 Å². The summed E-state index contributed by atoms with van der Waals surface area (Å²) in [6, 6.07) is 14.5. The number of aryl methyl sites for hydroxylation is 1. The topological polar surface area (TPSA) is 41.8 Å². The Morgan fingerprint density at radius 2 is 1.71 bits per heavy atom. The van der Waals surface area contributed by atoms with Crippen molar-refractivity contribution in [3.63, 3.8) is 0 Å². The van der Waals surface area contributed by atoms with Gasteiger partial charge in [0.1, 0.15) is 35.6 Å². The Kier molecular flexibility index (Phi) is 4.77. The number of rotatable bonds is 3. The fourth-order valence-corrected chi connectivity index (χ4v) is 3.45. The third kappa shape index (κ3) is 3.34. The third-order valence-corrected chi connectivity index (χ3v) is 5.00. The molecular weight excluding hydrogens is 384 g/mol. The summed E-state index contributed by atoms with van der Waals surface area (Å²) in [5.74, 6) is -1.35. The molecule has 0 radical (unpaired) electrons. The first-order valence-corrected chi connectivity index (χ1v) is 9.06. The average molecular weight is 400 g/mol. The van der Waals surface area contributed by atoms with Gasteiger partial charge >= 0.3 is 0 Å².